The van der Waals surface area contributed by atoms with Gasteiger partial charge in [-0.25, -0.2) is 0 Å². The minimum absolute atomic E-state index is 0.537. The second-order valence-corrected chi connectivity index (χ2v) is 6.15. The average molecular weight is 307 g/mol. The van der Waals surface area contributed by atoms with Crippen molar-refractivity contribution in [3.05, 3.63) is 54.1 Å². The molecule has 0 spiro atoms. The van der Waals surface area contributed by atoms with Crippen molar-refractivity contribution >= 4 is 22.8 Å². The largest absolute Gasteiger partial charge is 0.423 e. The first-order valence-corrected chi connectivity index (χ1v) is 8.31. The number of piperidine rings is 1. The Morgan fingerprint density at radius 3 is 2.52 bits per heavy atom. The quantitative estimate of drug-likeness (QED) is 0.767. The smallest absolute Gasteiger partial charge is 0.300 e. The fraction of sp³-hybridized carbons (Fsp3) is 0.316. The van der Waals surface area contributed by atoms with Crippen LogP contribution in [0, 0.1) is 0 Å². The van der Waals surface area contributed by atoms with Crippen molar-refractivity contribution in [3.8, 4) is 0 Å². The van der Waals surface area contributed by atoms with E-state index in [0.29, 0.717) is 6.01 Å². The highest BCUT2D eigenvalue weighted by Gasteiger charge is 2.10. The first-order valence-electron chi connectivity index (χ1n) is 8.31. The minimum atomic E-state index is 0.537. The Bertz CT molecular complexity index is 740. The molecule has 3 aromatic rings. The molecule has 4 heteroatoms. The van der Waals surface area contributed by atoms with Gasteiger partial charge in [-0.2, -0.15) is 4.98 Å². The molecule has 0 saturated carbocycles. The topological polar surface area (TPSA) is 41.3 Å². The first kappa shape index (κ1) is 14.3. The highest BCUT2D eigenvalue weighted by Crippen LogP contribution is 2.22. The highest BCUT2D eigenvalue weighted by molar-refractivity contribution is 5.75. The molecular formula is C19H21N3O. The van der Waals surface area contributed by atoms with Crippen molar-refractivity contribution in [3.63, 3.8) is 0 Å². The van der Waals surface area contributed by atoms with Crippen LogP contribution < -0.4 is 5.32 Å². The fourth-order valence-electron chi connectivity index (χ4n) is 3.12. The van der Waals surface area contributed by atoms with Gasteiger partial charge in [0.15, 0.2) is 5.58 Å². The molecule has 0 radical (unpaired) electrons. The molecule has 1 N–H and O–H groups in total. The van der Waals surface area contributed by atoms with Crippen molar-refractivity contribution < 1.29 is 4.42 Å². The van der Waals surface area contributed by atoms with Gasteiger partial charge >= 0.3 is 0 Å². The van der Waals surface area contributed by atoms with Crippen LogP contribution in [-0.2, 0) is 6.54 Å². The molecule has 1 aliphatic heterocycles. The SMILES string of the molecule is c1ccc2oc(Nc3ccc(CN4CCCCC4)cc3)nc2c1. The lowest BCUT2D eigenvalue weighted by Crippen LogP contribution is -2.29. The summed E-state index contributed by atoms with van der Waals surface area (Å²) in [6, 6.07) is 16.9. The van der Waals surface area contributed by atoms with Crippen LogP contribution in [0.3, 0.4) is 0 Å². The number of benzene rings is 2. The maximum Gasteiger partial charge on any atom is 0.300 e. The minimum Gasteiger partial charge on any atom is -0.423 e. The fourth-order valence-corrected chi connectivity index (χ4v) is 3.12. The van der Waals surface area contributed by atoms with E-state index in [-0.39, 0.29) is 0 Å². The van der Waals surface area contributed by atoms with E-state index < -0.39 is 0 Å². The van der Waals surface area contributed by atoms with Gasteiger partial charge in [0.1, 0.15) is 5.52 Å². The van der Waals surface area contributed by atoms with E-state index in [0.717, 1.165) is 23.3 Å². The summed E-state index contributed by atoms with van der Waals surface area (Å²) in [5.74, 6) is 0. The van der Waals surface area contributed by atoms with Crippen molar-refractivity contribution in [1.29, 1.82) is 0 Å². The number of para-hydroxylation sites is 2. The predicted octanol–water partition coefficient (Wildman–Crippen LogP) is 4.56. The molecule has 1 fully saturated rings. The molecular weight excluding hydrogens is 286 g/mol. The van der Waals surface area contributed by atoms with Gasteiger partial charge in [0.2, 0.25) is 0 Å². The Hall–Kier alpha value is -2.33. The molecule has 2 aromatic carbocycles. The van der Waals surface area contributed by atoms with Crippen molar-refractivity contribution in [2.75, 3.05) is 18.4 Å². The molecule has 1 saturated heterocycles. The van der Waals surface area contributed by atoms with Crippen LogP contribution in [0.5, 0.6) is 0 Å². The Kier molecular flexibility index (Phi) is 3.99. The van der Waals surface area contributed by atoms with Gasteiger partial charge in [-0.1, -0.05) is 30.7 Å². The third-order valence-corrected chi connectivity index (χ3v) is 4.35. The van der Waals surface area contributed by atoms with E-state index in [1.165, 1.54) is 37.9 Å². The number of nitrogens with one attached hydrogen (secondary N) is 1. The Morgan fingerprint density at radius 1 is 0.957 bits per heavy atom. The number of oxazole rings is 1. The van der Waals surface area contributed by atoms with E-state index in [1.54, 1.807) is 0 Å². The van der Waals surface area contributed by atoms with Gasteiger partial charge < -0.3 is 9.73 Å². The maximum atomic E-state index is 5.69. The summed E-state index contributed by atoms with van der Waals surface area (Å²) in [6.07, 6.45) is 4.04. The molecule has 23 heavy (non-hydrogen) atoms. The van der Waals surface area contributed by atoms with Gasteiger partial charge in [-0.15, -0.1) is 0 Å². The summed E-state index contributed by atoms with van der Waals surface area (Å²) in [5, 5.41) is 3.23. The first-order chi connectivity index (χ1) is 11.4. The van der Waals surface area contributed by atoms with Crippen LogP contribution in [0.15, 0.2) is 52.9 Å². The third-order valence-electron chi connectivity index (χ3n) is 4.35. The maximum absolute atomic E-state index is 5.69. The van der Waals surface area contributed by atoms with Crippen LogP contribution >= 0.6 is 0 Å². The van der Waals surface area contributed by atoms with Gasteiger partial charge in [0, 0.05) is 12.2 Å². The standard InChI is InChI=1S/C19H21N3O/c1-4-12-22(13-5-1)14-15-8-10-16(11-9-15)20-19-21-17-6-2-3-7-18(17)23-19/h2-3,6-11H,1,4-5,12-14H2,(H,20,21). The lowest BCUT2D eigenvalue weighted by atomic mass is 10.1. The third kappa shape index (κ3) is 3.37. The molecule has 4 rings (SSSR count). The number of hydrogen-bond donors (Lipinski definition) is 1. The van der Waals surface area contributed by atoms with Gasteiger partial charge in [-0.05, 0) is 55.8 Å². The molecule has 0 atom stereocenters. The Morgan fingerprint density at radius 2 is 1.74 bits per heavy atom. The number of hydrogen-bond acceptors (Lipinski definition) is 4. The zero-order valence-corrected chi connectivity index (χ0v) is 13.2. The molecule has 0 amide bonds. The lowest BCUT2D eigenvalue weighted by Gasteiger charge is -2.26. The molecule has 1 aliphatic rings. The van der Waals surface area contributed by atoms with Gasteiger partial charge in [0.25, 0.3) is 6.01 Å². The van der Waals surface area contributed by atoms with E-state index >= 15 is 0 Å². The van der Waals surface area contributed by atoms with Crippen molar-refractivity contribution in [2.24, 2.45) is 0 Å². The molecule has 4 nitrogen and oxygen atoms in total. The van der Waals surface area contributed by atoms with Gasteiger partial charge in [0.05, 0.1) is 0 Å². The van der Waals surface area contributed by atoms with Crippen LogP contribution in [0.4, 0.5) is 11.7 Å². The summed E-state index contributed by atoms with van der Waals surface area (Å²) in [4.78, 5) is 6.97. The second kappa shape index (κ2) is 6.42. The number of aromatic nitrogens is 1. The van der Waals surface area contributed by atoms with Crippen molar-refractivity contribution in [1.82, 2.24) is 9.88 Å². The lowest BCUT2D eigenvalue weighted by molar-refractivity contribution is 0.221. The molecule has 118 valence electrons. The predicted molar refractivity (Wildman–Crippen MR) is 92.9 cm³/mol. The zero-order chi connectivity index (χ0) is 15.5. The number of anilines is 2. The van der Waals surface area contributed by atoms with Crippen LogP contribution in [-0.4, -0.2) is 23.0 Å². The van der Waals surface area contributed by atoms with E-state index in [9.17, 15) is 0 Å². The normalized spacial score (nSPS) is 15.8. The molecule has 0 bridgehead atoms. The Balaban J connectivity index is 1.43. The summed E-state index contributed by atoms with van der Waals surface area (Å²) in [6.45, 7) is 3.50. The summed E-state index contributed by atoms with van der Waals surface area (Å²) in [7, 11) is 0. The highest BCUT2D eigenvalue weighted by atomic mass is 16.4. The summed E-state index contributed by atoms with van der Waals surface area (Å²) in [5.41, 5.74) is 4.03. The zero-order valence-electron chi connectivity index (χ0n) is 13.2. The molecule has 2 heterocycles. The number of likely N-dealkylation sites (tertiary alicyclic amines) is 1. The second-order valence-electron chi connectivity index (χ2n) is 6.15. The van der Waals surface area contributed by atoms with E-state index in [4.69, 9.17) is 4.42 Å². The molecule has 0 unspecified atom stereocenters. The summed E-state index contributed by atoms with van der Waals surface area (Å²) >= 11 is 0. The molecule has 1 aromatic heterocycles. The van der Waals surface area contributed by atoms with Gasteiger partial charge in [-0.3, -0.25) is 4.90 Å². The molecule has 0 aliphatic carbocycles. The van der Waals surface area contributed by atoms with Crippen LogP contribution in [0.2, 0.25) is 0 Å². The number of rotatable bonds is 4. The monoisotopic (exact) mass is 307 g/mol. The summed E-state index contributed by atoms with van der Waals surface area (Å²) < 4.78 is 5.69. The average Bonchev–Trinajstić information content (AvgIpc) is 3.00. The van der Waals surface area contributed by atoms with E-state index in [2.05, 4.69) is 39.5 Å². The van der Waals surface area contributed by atoms with Crippen molar-refractivity contribution in [2.45, 2.75) is 25.8 Å². The van der Waals surface area contributed by atoms with Crippen LogP contribution in [0.25, 0.3) is 11.1 Å². The van der Waals surface area contributed by atoms with Crippen LogP contribution in [0.1, 0.15) is 24.8 Å². The number of fused-ring (bicyclic) bond motifs is 1. The number of nitrogens with zero attached hydrogens (tertiary/aromatic N) is 2. The Labute approximate surface area is 136 Å². The van der Waals surface area contributed by atoms with E-state index in [1.807, 2.05) is 24.3 Å².